The summed E-state index contributed by atoms with van der Waals surface area (Å²) in [6.45, 7) is 2.85. The molecule has 0 aliphatic carbocycles. The summed E-state index contributed by atoms with van der Waals surface area (Å²) in [4.78, 5) is 10.5. The lowest BCUT2D eigenvalue weighted by Gasteiger charge is -2.07. The lowest BCUT2D eigenvalue weighted by Crippen LogP contribution is -2.07. The fourth-order valence-electron chi connectivity index (χ4n) is 0.991. The largest absolute Gasteiger partial charge is 0.288 e. The predicted octanol–water partition coefficient (Wildman–Crippen LogP) is 3.13. The molecule has 0 aliphatic rings. The van der Waals surface area contributed by atoms with E-state index in [9.17, 15) is 13.6 Å². The van der Waals surface area contributed by atoms with Crippen molar-refractivity contribution in [2.75, 3.05) is 5.75 Å². The lowest BCUT2D eigenvalue weighted by atomic mass is 10.1. The number of thioether (sulfide) groups is 1. The molecule has 0 amide bonds. The van der Waals surface area contributed by atoms with Gasteiger partial charge in [0.2, 0.25) is 0 Å². The van der Waals surface area contributed by atoms with Gasteiger partial charge in [0.05, 0.1) is 0 Å². The van der Waals surface area contributed by atoms with Gasteiger partial charge in [-0.25, -0.2) is 8.78 Å². The van der Waals surface area contributed by atoms with Crippen molar-refractivity contribution in [3.05, 3.63) is 0 Å². The first-order valence-corrected chi connectivity index (χ1v) is 5.42. The SMILES string of the molecule is CC(=O)SCCCC(F)CC(C)F. The molecule has 0 saturated heterocycles. The molecule has 78 valence electrons. The van der Waals surface area contributed by atoms with Crippen LogP contribution in [0, 0.1) is 0 Å². The van der Waals surface area contributed by atoms with Crippen LogP contribution in [-0.2, 0) is 4.79 Å². The molecule has 0 N–H and O–H groups in total. The zero-order valence-corrected chi connectivity index (χ0v) is 8.87. The highest BCUT2D eigenvalue weighted by Crippen LogP contribution is 2.14. The van der Waals surface area contributed by atoms with Crippen molar-refractivity contribution in [1.29, 1.82) is 0 Å². The molecule has 0 aromatic rings. The van der Waals surface area contributed by atoms with Crippen LogP contribution < -0.4 is 0 Å². The Morgan fingerprint density at radius 2 is 2.08 bits per heavy atom. The summed E-state index contributed by atoms with van der Waals surface area (Å²) in [5.74, 6) is 0.635. The number of alkyl halides is 2. The number of carbonyl (C=O) groups excluding carboxylic acids is 1. The van der Waals surface area contributed by atoms with Crippen LogP contribution in [0.15, 0.2) is 0 Å². The Morgan fingerprint density at radius 3 is 2.54 bits per heavy atom. The van der Waals surface area contributed by atoms with Gasteiger partial charge < -0.3 is 0 Å². The first-order chi connectivity index (χ1) is 6.02. The van der Waals surface area contributed by atoms with Gasteiger partial charge in [0.1, 0.15) is 12.3 Å². The summed E-state index contributed by atoms with van der Waals surface area (Å²) in [6, 6.07) is 0. The summed E-state index contributed by atoms with van der Waals surface area (Å²) in [5.41, 5.74) is 0. The van der Waals surface area contributed by atoms with E-state index in [1.165, 1.54) is 25.6 Å². The van der Waals surface area contributed by atoms with E-state index >= 15 is 0 Å². The van der Waals surface area contributed by atoms with Crippen molar-refractivity contribution in [2.45, 2.75) is 45.5 Å². The maximum Gasteiger partial charge on any atom is 0.185 e. The van der Waals surface area contributed by atoms with E-state index in [4.69, 9.17) is 0 Å². The molecule has 1 nitrogen and oxygen atoms in total. The van der Waals surface area contributed by atoms with Crippen LogP contribution in [0.5, 0.6) is 0 Å². The Kier molecular flexibility index (Phi) is 7.23. The topological polar surface area (TPSA) is 17.1 Å². The number of carbonyl (C=O) groups is 1. The Hall–Kier alpha value is -0.120. The Morgan fingerprint density at radius 1 is 1.46 bits per heavy atom. The van der Waals surface area contributed by atoms with Gasteiger partial charge in [0.15, 0.2) is 5.12 Å². The van der Waals surface area contributed by atoms with E-state index in [0.717, 1.165) is 0 Å². The highest BCUT2D eigenvalue weighted by molar-refractivity contribution is 8.13. The summed E-state index contributed by atoms with van der Waals surface area (Å²) in [5, 5.41) is 0.0502. The highest BCUT2D eigenvalue weighted by Gasteiger charge is 2.10. The van der Waals surface area contributed by atoms with E-state index in [1.807, 2.05) is 0 Å². The Bertz CT molecular complexity index is 151. The first-order valence-electron chi connectivity index (χ1n) is 4.44. The van der Waals surface area contributed by atoms with Gasteiger partial charge in [-0.15, -0.1) is 0 Å². The van der Waals surface area contributed by atoms with Gasteiger partial charge in [0, 0.05) is 19.1 Å². The van der Waals surface area contributed by atoms with Crippen LogP contribution in [0.1, 0.15) is 33.1 Å². The minimum absolute atomic E-state index is 0.0231. The quantitative estimate of drug-likeness (QED) is 0.626. The molecule has 0 bridgehead atoms. The molecule has 0 radical (unpaired) electrons. The van der Waals surface area contributed by atoms with E-state index in [0.29, 0.717) is 18.6 Å². The lowest BCUT2D eigenvalue weighted by molar-refractivity contribution is -0.109. The van der Waals surface area contributed by atoms with Crippen LogP contribution in [0.4, 0.5) is 8.78 Å². The van der Waals surface area contributed by atoms with Crippen molar-refractivity contribution in [3.8, 4) is 0 Å². The average molecular weight is 210 g/mol. The third kappa shape index (κ3) is 9.80. The summed E-state index contributed by atoms with van der Waals surface area (Å²) < 4.78 is 25.1. The molecule has 0 heterocycles. The smallest absolute Gasteiger partial charge is 0.185 e. The molecule has 2 atom stereocenters. The van der Waals surface area contributed by atoms with Gasteiger partial charge in [0.25, 0.3) is 0 Å². The predicted molar refractivity (Wildman–Crippen MR) is 52.5 cm³/mol. The van der Waals surface area contributed by atoms with Gasteiger partial charge in [-0.1, -0.05) is 11.8 Å². The molecular weight excluding hydrogens is 194 g/mol. The van der Waals surface area contributed by atoms with Crippen molar-refractivity contribution in [2.24, 2.45) is 0 Å². The molecule has 0 saturated carbocycles. The summed E-state index contributed by atoms with van der Waals surface area (Å²) >= 11 is 1.19. The van der Waals surface area contributed by atoms with E-state index < -0.39 is 12.3 Å². The van der Waals surface area contributed by atoms with Crippen LogP contribution in [0.25, 0.3) is 0 Å². The molecule has 13 heavy (non-hydrogen) atoms. The zero-order chi connectivity index (χ0) is 10.3. The maximum absolute atomic E-state index is 12.8. The van der Waals surface area contributed by atoms with Crippen molar-refractivity contribution in [1.82, 2.24) is 0 Å². The number of halogens is 2. The molecule has 0 aromatic carbocycles. The van der Waals surface area contributed by atoms with Crippen molar-refractivity contribution < 1.29 is 13.6 Å². The third-order valence-corrected chi connectivity index (χ3v) is 2.45. The minimum atomic E-state index is -1.07. The number of hydrogen-bond acceptors (Lipinski definition) is 2. The van der Waals surface area contributed by atoms with Crippen molar-refractivity contribution >= 4 is 16.9 Å². The molecule has 0 fully saturated rings. The molecule has 0 aliphatic heterocycles. The molecular formula is C9H16F2OS. The van der Waals surface area contributed by atoms with E-state index in [-0.39, 0.29) is 11.5 Å². The summed E-state index contributed by atoms with van der Waals surface area (Å²) in [6.07, 6.45) is -1.17. The normalized spacial score (nSPS) is 15.4. The standard InChI is InChI=1S/C9H16F2OS/c1-7(10)6-9(11)4-3-5-13-8(2)12/h7,9H,3-6H2,1-2H3. The van der Waals surface area contributed by atoms with Gasteiger partial charge in [-0.3, -0.25) is 4.79 Å². The van der Waals surface area contributed by atoms with Gasteiger partial charge in [-0.2, -0.15) is 0 Å². The second-order valence-electron chi connectivity index (χ2n) is 3.10. The fourth-order valence-corrected chi connectivity index (χ4v) is 1.59. The van der Waals surface area contributed by atoms with Gasteiger partial charge >= 0.3 is 0 Å². The molecule has 0 aromatic heterocycles. The Labute approximate surface area is 82.3 Å². The fraction of sp³-hybridized carbons (Fsp3) is 0.889. The Balaban J connectivity index is 3.26. The molecule has 0 spiro atoms. The van der Waals surface area contributed by atoms with E-state index in [2.05, 4.69) is 0 Å². The van der Waals surface area contributed by atoms with Crippen LogP contribution >= 0.6 is 11.8 Å². The minimum Gasteiger partial charge on any atom is -0.288 e. The van der Waals surface area contributed by atoms with Crippen LogP contribution in [-0.4, -0.2) is 23.2 Å². The second kappa shape index (κ2) is 7.30. The van der Waals surface area contributed by atoms with Crippen LogP contribution in [0.3, 0.4) is 0 Å². The molecule has 4 heteroatoms. The second-order valence-corrected chi connectivity index (χ2v) is 4.37. The number of rotatable bonds is 6. The first kappa shape index (κ1) is 12.9. The molecule has 2 unspecified atom stereocenters. The average Bonchev–Trinajstić information content (AvgIpc) is 1.96. The van der Waals surface area contributed by atoms with Crippen molar-refractivity contribution in [3.63, 3.8) is 0 Å². The monoisotopic (exact) mass is 210 g/mol. The van der Waals surface area contributed by atoms with Crippen LogP contribution in [0.2, 0.25) is 0 Å². The summed E-state index contributed by atoms with van der Waals surface area (Å²) in [7, 11) is 0. The number of hydrogen-bond donors (Lipinski definition) is 0. The maximum atomic E-state index is 12.8. The van der Waals surface area contributed by atoms with Gasteiger partial charge in [-0.05, 0) is 19.8 Å². The highest BCUT2D eigenvalue weighted by atomic mass is 32.2. The molecule has 0 rings (SSSR count). The van der Waals surface area contributed by atoms with E-state index in [1.54, 1.807) is 0 Å². The third-order valence-electron chi connectivity index (χ3n) is 1.55. The zero-order valence-electron chi connectivity index (χ0n) is 8.06.